The van der Waals surface area contributed by atoms with E-state index in [9.17, 15) is 15.0 Å². The standard InChI is InChI=1S/C15H12N2O3/c18-11-7-5-10(6-8-11)9-17-13-4-2-1-3-12(13)14(16-17)15(19)20/h1-8,18H,9H2,(H,19,20). The Labute approximate surface area is 114 Å². The van der Waals surface area contributed by atoms with Crippen molar-refractivity contribution in [3.05, 3.63) is 59.8 Å². The van der Waals surface area contributed by atoms with Gasteiger partial charge in [0.05, 0.1) is 12.1 Å². The molecule has 0 radical (unpaired) electrons. The number of nitrogens with zero attached hydrogens (tertiary/aromatic N) is 2. The highest BCUT2D eigenvalue weighted by Gasteiger charge is 2.15. The minimum Gasteiger partial charge on any atom is -0.508 e. The number of carboxylic acid groups (broad SMARTS) is 1. The first-order valence-electron chi connectivity index (χ1n) is 6.12. The van der Waals surface area contributed by atoms with Gasteiger partial charge < -0.3 is 10.2 Å². The Balaban J connectivity index is 2.07. The molecule has 2 aromatic carbocycles. The van der Waals surface area contributed by atoms with E-state index in [1.165, 1.54) is 0 Å². The number of carbonyl (C=O) groups is 1. The second-order valence-electron chi connectivity index (χ2n) is 4.50. The van der Waals surface area contributed by atoms with Gasteiger partial charge >= 0.3 is 5.97 Å². The van der Waals surface area contributed by atoms with Gasteiger partial charge in [-0.2, -0.15) is 5.10 Å². The van der Waals surface area contributed by atoms with Gasteiger partial charge in [-0.1, -0.05) is 30.3 Å². The van der Waals surface area contributed by atoms with Crippen molar-refractivity contribution >= 4 is 16.9 Å². The van der Waals surface area contributed by atoms with E-state index < -0.39 is 5.97 Å². The lowest BCUT2D eigenvalue weighted by atomic mass is 10.2. The Morgan fingerprint density at radius 1 is 1.10 bits per heavy atom. The summed E-state index contributed by atoms with van der Waals surface area (Å²) < 4.78 is 1.66. The molecule has 0 atom stereocenters. The van der Waals surface area contributed by atoms with Crippen LogP contribution in [0.4, 0.5) is 0 Å². The van der Waals surface area contributed by atoms with Crippen LogP contribution in [0.15, 0.2) is 48.5 Å². The van der Waals surface area contributed by atoms with Crippen molar-refractivity contribution in [1.82, 2.24) is 9.78 Å². The maximum atomic E-state index is 11.2. The fourth-order valence-electron chi connectivity index (χ4n) is 2.18. The molecule has 0 bridgehead atoms. The first kappa shape index (κ1) is 12.2. The van der Waals surface area contributed by atoms with Gasteiger partial charge in [-0.3, -0.25) is 4.68 Å². The monoisotopic (exact) mass is 268 g/mol. The number of hydrogen-bond acceptors (Lipinski definition) is 3. The zero-order valence-electron chi connectivity index (χ0n) is 10.5. The van der Waals surface area contributed by atoms with E-state index in [1.54, 1.807) is 41.1 Å². The third kappa shape index (κ3) is 2.09. The molecule has 2 N–H and O–H groups in total. The molecule has 0 amide bonds. The molecule has 0 saturated heterocycles. The van der Waals surface area contributed by atoms with E-state index in [-0.39, 0.29) is 11.4 Å². The first-order chi connectivity index (χ1) is 9.65. The van der Waals surface area contributed by atoms with Gasteiger partial charge in [-0.15, -0.1) is 0 Å². The summed E-state index contributed by atoms with van der Waals surface area (Å²) in [5, 5.41) is 23.2. The van der Waals surface area contributed by atoms with E-state index in [0.717, 1.165) is 11.1 Å². The van der Waals surface area contributed by atoms with Gasteiger partial charge in [0.1, 0.15) is 5.75 Å². The smallest absolute Gasteiger partial charge is 0.357 e. The van der Waals surface area contributed by atoms with Crippen molar-refractivity contribution in [3.63, 3.8) is 0 Å². The Morgan fingerprint density at radius 3 is 2.50 bits per heavy atom. The Bertz CT molecular complexity index is 775. The van der Waals surface area contributed by atoms with Crippen LogP contribution in [0.25, 0.3) is 10.9 Å². The molecule has 0 unspecified atom stereocenters. The topological polar surface area (TPSA) is 75.3 Å². The molecule has 3 rings (SSSR count). The second kappa shape index (κ2) is 4.70. The van der Waals surface area contributed by atoms with Crippen molar-refractivity contribution in [2.75, 3.05) is 0 Å². The average Bonchev–Trinajstić information content (AvgIpc) is 2.81. The molecule has 0 aliphatic carbocycles. The lowest BCUT2D eigenvalue weighted by Gasteiger charge is -2.03. The van der Waals surface area contributed by atoms with Gasteiger partial charge in [0.15, 0.2) is 5.69 Å². The van der Waals surface area contributed by atoms with Crippen molar-refractivity contribution < 1.29 is 15.0 Å². The predicted octanol–water partition coefficient (Wildman–Crippen LogP) is 2.49. The summed E-state index contributed by atoms with van der Waals surface area (Å²) in [5.74, 6) is -0.837. The maximum absolute atomic E-state index is 11.2. The van der Waals surface area contributed by atoms with Gasteiger partial charge in [0.2, 0.25) is 0 Å². The van der Waals surface area contributed by atoms with Crippen LogP contribution in [0.5, 0.6) is 5.75 Å². The van der Waals surface area contributed by atoms with Crippen LogP contribution < -0.4 is 0 Å². The number of aromatic carboxylic acids is 1. The third-order valence-corrected chi connectivity index (χ3v) is 3.13. The van der Waals surface area contributed by atoms with E-state index in [4.69, 9.17) is 0 Å². The molecule has 5 nitrogen and oxygen atoms in total. The highest BCUT2D eigenvalue weighted by Crippen LogP contribution is 2.20. The Morgan fingerprint density at radius 2 is 1.80 bits per heavy atom. The quantitative estimate of drug-likeness (QED) is 0.765. The van der Waals surface area contributed by atoms with E-state index in [0.29, 0.717) is 11.9 Å². The number of aromatic nitrogens is 2. The number of aromatic hydroxyl groups is 1. The van der Waals surface area contributed by atoms with Gasteiger partial charge in [0, 0.05) is 5.39 Å². The number of phenolic OH excluding ortho intramolecular Hbond substituents is 1. The van der Waals surface area contributed by atoms with Gasteiger partial charge in [0.25, 0.3) is 0 Å². The van der Waals surface area contributed by atoms with Crippen molar-refractivity contribution in [2.45, 2.75) is 6.54 Å². The fraction of sp³-hybridized carbons (Fsp3) is 0.0667. The molecular formula is C15H12N2O3. The largest absolute Gasteiger partial charge is 0.508 e. The molecule has 20 heavy (non-hydrogen) atoms. The number of rotatable bonds is 3. The molecule has 5 heteroatoms. The summed E-state index contributed by atoms with van der Waals surface area (Å²) in [6.45, 7) is 0.452. The molecule has 0 fully saturated rings. The average molecular weight is 268 g/mol. The van der Waals surface area contributed by atoms with Crippen molar-refractivity contribution in [2.24, 2.45) is 0 Å². The van der Waals surface area contributed by atoms with Crippen LogP contribution in [-0.4, -0.2) is 26.0 Å². The zero-order chi connectivity index (χ0) is 14.1. The van der Waals surface area contributed by atoms with E-state index in [2.05, 4.69) is 5.10 Å². The molecular weight excluding hydrogens is 256 g/mol. The second-order valence-corrected chi connectivity index (χ2v) is 4.50. The molecule has 1 heterocycles. The third-order valence-electron chi connectivity index (χ3n) is 3.13. The minimum atomic E-state index is -1.04. The SMILES string of the molecule is O=C(O)c1nn(Cc2ccc(O)cc2)c2ccccc12. The first-order valence-corrected chi connectivity index (χ1v) is 6.12. The summed E-state index contributed by atoms with van der Waals surface area (Å²) in [6.07, 6.45) is 0. The van der Waals surface area contributed by atoms with Gasteiger partial charge in [-0.05, 0) is 23.8 Å². The molecule has 0 aliphatic rings. The summed E-state index contributed by atoms with van der Waals surface area (Å²) >= 11 is 0. The highest BCUT2D eigenvalue weighted by molar-refractivity contribution is 6.01. The van der Waals surface area contributed by atoms with Crippen LogP contribution in [0, 0.1) is 0 Å². The fourth-order valence-corrected chi connectivity index (χ4v) is 2.18. The van der Waals surface area contributed by atoms with E-state index >= 15 is 0 Å². The molecule has 0 saturated carbocycles. The summed E-state index contributed by atoms with van der Waals surface area (Å²) in [4.78, 5) is 11.2. The normalized spacial score (nSPS) is 10.8. The summed E-state index contributed by atoms with van der Waals surface area (Å²) in [6, 6.07) is 14.0. The number of phenols is 1. The van der Waals surface area contributed by atoms with Crippen LogP contribution in [0.1, 0.15) is 16.1 Å². The molecule has 0 aliphatic heterocycles. The number of hydrogen-bond donors (Lipinski definition) is 2. The molecule has 1 aromatic heterocycles. The lowest BCUT2D eigenvalue weighted by Crippen LogP contribution is -2.04. The van der Waals surface area contributed by atoms with Crippen LogP contribution in [0.3, 0.4) is 0 Å². The minimum absolute atomic E-state index is 0.0550. The number of para-hydroxylation sites is 1. The summed E-state index contributed by atoms with van der Waals surface area (Å²) in [5.41, 5.74) is 1.77. The van der Waals surface area contributed by atoms with Gasteiger partial charge in [-0.25, -0.2) is 4.79 Å². The van der Waals surface area contributed by atoms with Crippen LogP contribution >= 0.6 is 0 Å². The van der Waals surface area contributed by atoms with Crippen molar-refractivity contribution in [3.8, 4) is 5.75 Å². The number of benzene rings is 2. The van der Waals surface area contributed by atoms with Crippen LogP contribution in [0.2, 0.25) is 0 Å². The molecule has 0 spiro atoms. The zero-order valence-corrected chi connectivity index (χ0v) is 10.5. The Hall–Kier alpha value is -2.82. The molecule has 3 aromatic rings. The molecule has 100 valence electrons. The predicted molar refractivity (Wildman–Crippen MR) is 73.9 cm³/mol. The number of fused-ring (bicyclic) bond motifs is 1. The van der Waals surface area contributed by atoms with E-state index in [1.807, 2.05) is 12.1 Å². The maximum Gasteiger partial charge on any atom is 0.357 e. The van der Waals surface area contributed by atoms with Crippen molar-refractivity contribution in [1.29, 1.82) is 0 Å². The highest BCUT2D eigenvalue weighted by atomic mass is 16.4. The number of carboxylic acids is 1. The Kier molecular flexibility index (Phi) is 2.87. The van der Waals surface area contributed by atoms with Crippen LogP contribution in [-0.2, 0) is 6.54 Å². The summed E-state index contributed by atoms with van der Waals surface area (Å²) in [7, 11) is 0. The lowest BCUT2D eigenvalue weighted by molar-refractivity contribution is 0.0691.